The third-order valence-corrected chi connectivity index (χ3v) is 9.42. The highest BCUT2D eigenvalue weighted by molar-refractivity contribution is 7.91. The summed E-state index contributed by atoms with van der Waals surface area (Å²) in [6.45, 7) is -0.870. The van der Waals surface area contributed by atoms with Crippen LogP contribution in [0, 0.1) is 0 Å². The summed E-state index contributed by atoms with van der Waals surface area (Å²) in [6.07, 6.45) is -10.5. The van der Waals surface area contributed by atoms with Crippen LogP contribution >= 0.6 is 0 Å². The van der Waals surface area contributed by atoms with Gasteiger partial charge in [0.15, 0.2) is 15.9 Å². The minimum atomic E-state index is -4.60. The average Bonchev–Trinajstić information content (AvgIpc) is 3.51. The van der Waals surface area contributed by atoms with Crippen molar-refractivity contribution in [3.05, 3.63) is 71.9 Å². The van der Waals surface area contributed by atoms with Crippen LogP contribution in [0.3, 0.4) is 0 Å². The van der Waals surface area contributed by atoms with E-state index in [1.165, 1.54) is 34.1 Å². The van der Waals surface area contributed by atoms with Gasteiger partial charge in [-0.2, -0.15) is 26.3 Å². The van der Waals surface area contributed by atoms with Crippen molar-refractivity contribution in [3.8, 4) is 22.7 Å². The molecule has 0 bridgehead atoms. The molecule has 47 heavy (non-hydrogen) atoms. The first-order valence-electron chi connectivity index (χ1n) is 13.9. The molecular weight excluding hydrogens is 658 g/mol. The van der Waals surface area contributed by atoms with E-state index < -0.39 is 58.1 Å². The van der Waals surface area contributed by atoms with Crippen LogP contribution in [0.4, 0.5) is 38.0 Å². The Balaban J connectivity index is 1.30. The number of anilines is 2. The first-order chi connectivity index (χ1) is 22.1. The Kier molecular flexibility index (Phi) is 8.21. The number of ether oxygens (including phenoxy) is 1. The van der Waals surface area contributed by atoms with Gasteiger partial charge in [-0.3, -0.25) is 9.78 Å². The van der Waals surface area contributed by atoms with Crippen LogP contribution in [0.5, 0.6) is 0 Å². The number of fused-ring (bicyclic) bond motifs is 1. The van der Waals surface area contributed by atoms with Gasteiger partial charge in [-0.1, -0.05) is 29.4 Å². The Morgan fingerprint density at radius 1 is 0.957 bits per heavy atom. The van der Waals surface area contributed by atoms with Gasteiger partial charge < -0.3 is 24.7 Å². The molecule has 248 valence electrons. The van der Waals surface area contributed by atoms with Crippen molar-refractivity contribution in [1.29, 1.82) is 0 Å². The second kappa shape index (κ2) is 11.9. The van der Waals surface area contributed by atoms with Crippen molar-refractivity contribution < 1.29 is 48.7 Å². The molecular formula is C29H24F6N6O5S. The zero-order valence-electron chi connectivity index (χ0n) is 24.0. The van der Waals surface area contributed by atoms with E-state index in [0.29, 0.717) is 11.1 Å². The molecule has 2 atom stereocenters. The number of halogens is 6. The van der Waals surface area contributed by atoms with Crippen LogP contribution < -0.4 is 15.5 Å². The number of aromatic nitrogens is 3. The highest BCUT2D eigenvalue weighted by Gasteiger charge is 2.44. The van der Waals surface area contributed by atoms with Crippen LogP contribution in [0.25, 0.3) is 22.7 Å². The molecule has 6 rings (SSSR count). The van der Waals surface area contributed by atoms with Crippen molar-refractivity contribution in [1.82, 2.24) is 15.2 Å². The summed E-state index contributed by atoms with van der Waals surface area (Å²) >= 11 is 0. The molecule has 0 saturated carbocycles. The second-order valence-corrected chi connectivity index (χ2v) is 12.9. The number of alkyl halides is 6. The fourth-order valence-corrected chi connectivity index (χ4v) is 6.74. The van der Waals surface area contributed by atoms with Gasteiger partial charge in [0.2, 0.25) is 11.8 Å². The molecule has 4 heterocycles. The van der Waals surface area contributed by atoms with Crippen molar-refractivity contribution in [2.45, 2.75) is 35.9 Å². The standard InChI is InChI=1S/C29H24F6N6O5S/c30-28(31,32)19-6-7-21(37-12-19)17-3-1-16(2-4-17)13-41-22-11-18(5-8-23(22)47(43,44)15-20(36)26(41)42)25-38-39-27(46-25)40-9-10-45-24(14-40)29(33,34)35/h1-8,11-12,20,24H,9-10,13-15,36H2/t20-,24?/m0/s1. The fraction of sp³-hybridized carbons (Fsp3) is 0.310. The van der Waals surface area contributed by atoms with Crippen LogP contribution in [-0.2, 0) is 32.1 Å². The van der Waals surface area contributed by atoms with Crippen molar-refractivity contribution in [2.75, 3.05) is 35.2 Å². The number of nitrogens with zero attached hydrogens (tertiary/aromatic N) is 5. The lowest BCUT2D eigenvalue weighted by atomic mass is 10.1. The number of amides is 1. The summed E-state index contributed by atoms with van der Waals surface area (Å²) in [5.41, 5.74) is 6.58. The summed E-state index contributed by atoms with van der Waals surface area (Å²) in [6, 6.07) is 10.9. The van der Waals surface area contributed by atoms with Gasteiger partial charge in [-0.05, 0) is 35.9 Å². The quantitative estimate of drug-likeness (QED) is 0.304. The molecule has 0 spiro atoms. The van der Waals surface area contributed by atoms with Gasteiger partial charge in [0, 0.05) is 23.9 Å². The first-order valence-corrected chi connectivity index (χ1v) is 15.6. The molecule has 18 heteroatoms. The fourth-order valence-electron chi connectivity index (χ4n) is 5.18. The Labute approximate surface area is 262 Å². The second-order valence-electron chi connectivity index (χ2n) is 10.9. The number of hydrogen-bond acceptors (Lipinski definition) is 10. The molecule has 1 saturated heterocycles. The normalized spacial score (nSPS) is 20.2. The maximum absolute atomic E-state index is 13.4. The number of rotatable bonds is 5. The summed E-state index contributed by atoms with van der Waals surface area (Å²) in [4.78, 5) is 19.6. The Morgan fingerprint density at radius 3 is 2.34 bits per heavy atom. The van der Waals surface area contributed by atoms with Crippen molar-refractivity contribution >= 4 is 27.4 Å². The zero-order valence-corrected chi connectivity index (χ0v) is 24.8. The van der Waals surface area contributed by atoms with Gasteiger partial charge in [0.25, 0.3) is 0 Å². The molecule has 2 aromatic carbocycles. The van der Waals surface area contributed by atoms with Crippen molar-refractivity contribution in [2.24, 2.45) is 5.73 Å². The van der Waals surface area contributed by atoms with E-state index in [1.807, 2.05) is 0 Å². The number of nitrogens with two attached hydrogens (primary N) is 1. The average molecular weight is 683 g/mol. The van der Waals surface area contributed by atoms with Crippen LogP contribution in [0.1, 0.15) is 11.1 Å². The van der Waals surface area contributed by atoms with Gasteiger partial charge in [0.1, 0.15) is 0 Å². The van der Waals surface area contributed by atoms with Gasteiger partial charge >= 0.3 is 18.4 Å². The minimum absolute atomic E-state index is 0.0304. The molecule has 4 aromatic rings. The summed E-state index contributed by atoms with van der Waals surface area (Å²) in [5.74, 6) is -1.49. The van der Waals surface area contributed by atoms with E-state index in [2.05, 4.69) is 15.2 Å². The lowest BCUT2D eigenvalue weighted by Gasteiger charge is -2.32. The molecule has 11 nitrogen and oxygen atoms in total. The highest BCUT2D eigenvalue weighted by Crippen LogP contribution is 2.37. The van der Waals surface area contributed by atoms with E-state index in [4.69, 9.17) is 14.9 Å². The Morgan fingerprint density at radius 2 is 1.68 bits per heavy atom. The Hall–Kier alpha value is -4.55. The summed E-state index contributed by atoms with van der Waals surface area (Å²) in [7, 11) is -4.04. The zero-order chi connectivity index (χ0) is 33.7. The van der Waals surface area contributed by atoms with Crippen LogP contribution in [-0.4, -0.2) is 73.3 Å². The topological polar surface area (TPSA) is 145 Å². The third-order valence-electron chi connectivity index (χ3n) is 7.61. The first kappa shape index (κ1) is 32.4. The smallest absolute Gasteiger partial charge is 0.403 e. The molecule has 1 fully saturated rings. The van der Waals surface area contributed by atoms with Gasteiger partial charge in [0.05, 0.1) is 53.3 Å². The number of morpholine rings is 1. The summed E-state index contributed by atoms with van der Waals surface area (Å²) in [5, 5.41) is 7.79. The number of benzene rings is 2. The SMILES string of the molecule is N[C@H]1CS(=O)(=O)c2ccc(-c3nnc(N4CCOC(C(F)(F)F)C4)o3)cc2N(Cc2ccc(-c3ccc(C(F)(F)F)cn3)cc2)C1=O. The van der Waals surface area contributed by atoms with Crippen LogP contribution in [0.2, 0.25) is 0 Å². The van der Waals surface area contributed by atoms with Gasteiger partial charge in [-0.15, -0.1) is 5.10 Å². The molecule has 2 aliphatic heterocycles. The molecule has 0 radical (unpaired) electrons. The maximum atomic E-state index is 13.4. The molecule has 1 unspecified atom stereocenters. The minimum Gasteiger partial charge on any atom is -0.403 e. The number of sulfone groups is 1. The lowest BCUT2D eigenvalue weighted by Crippen LogP contribution is -2.49. The monoisotopic (exact) mass is 682 g/mol. The van der Waals surface area contributed by atoms with E-state index in [9.17, 15) is 39.6 Å². The largest absolute Gasteiger partial charge is 0.417 e. The summed E-state index contributed by atoms with van der Waals surface area (Å²) < 4.78 is 115. The molecule has 1 amide bonds. The van der Waals surface area contributed by atoms with Crippen LogP contribution in [0.15, 0.2) is 70.1 Å². The number of pyridine rings is 1. The molecule has 0 aliphatic carbocycles. The van der Waals surface area contributed by atoms with E-state index in [-0.39, 0.29) is 53.4 Å². The number of carbonyl (C=O) groups excluding carboxylic acids is 1. The lowest BCUT2D eigenvalue weighted by molar-refractivity contribution is -0.221. The molecule has 2 aromatic heterocycles. The van der Waals surface area contributed by atoms with E-state index >= 15 is 0 Å². The number of carbonyl (C=O) groups is 1. The van der Waals surface area contributed by atoms with E-state index in [0.717, 1.165) is 12.3 Å². The van der Waals surface area contributed by atoms with Crippen molar-refractivity contribution in [3.63, 3.8) is 0 Å². The third kappa shape index (κ3) is 6.66. The predicted octanol–water partition coefficient (Wildman–Crippen LogP) is 4.23. The molecule has 2 N–H and O–H groups in total. The van der Waals surface area contributed by atoms with E-state index in [1.54, 1.807) is 24.3 Å². The predicted molar refractivity (Wildman–Crippen MR) is 154 cm³/mol. The number of hydrogen-bond donors (Lipinski definition) is 1. The maximum Gasteiger partial charge on any atom is 0.417 e. The Bertz CT molecular complexity index is 1900. The van der Waals surface area contributed by atoms with Gasteiger partial charge in [-0.25, -0.2) is 8.42 Å². The highest BCUT2D eigenvalue weighted by atomic mass is 32.2. The molecule has 2 aliphatic rings.